The second-order valence-electron chi connectivity index (χ2n) is 6.50. The van der Waals surface area contributed by atoms with E-state index in [4.69, 9.17) is 9.47 Å². The van der Waals surface area contributed by atoms with Crippen LogP contribution in [0.2, 0.25) is 0 Å². The highest BCUT2D eigenvalue weighted by atomic mass is 16.5. The van der Waals surface area contributed by atoms with E-state index in [9.17, 15) is 9.59 Å². The van der Waals surface area contributed by atoms with Crippen molar-refractivity contribution in [1.82, 2.24) is 5.32 Å². The molecule has 27 heavy (non-hydrogen) atoms. The average molecular weight is 368 g/mol. The monoisotopic (exact) mass is 368 g/mol. The molecule has 1 aliphatic rings. The van der Waals surface area contributed by atoms with Gasteiger partial charge in [0, 0.05) is 18.7 Å². The van der Waals surface area contributed by atoms with Crippen LogP contribution in [-0.4, -0.2) is 37.6 Å². The van der Waals surface area contributed by atoms with Crippen molar-refractivity contribution < 1.29 is 19.1 Å². The fourth-order valence-electron chi connectivity index (χ4n) is 3.00. The van der Waals surface area contributed by atoms with Crippen LogP contribution in [0.15, 0.2) is 48.5 Å². The number of amides is 2. The molecule has 0 saturated carbocycles. The van der Waals surface area contributed by atoms with E-state index in [0.717, 1.165) is 17.0 Å². The summed E-state index contributed by atoms with van der Waals surface area (Å²) in [4.78, 5) is 26.1. The van der Waals surface area contributed by atoms with Gasteiger partial charge in [0.2, 0.25) is 5.91 Å². The molecule has 0 bridgehead atoms. The van der Waals surface area contributed by atoms with Gasteiger partial charge in [0.15, 0.2) is 6.61 Å². The molecule has 1 unspecified atom stereocenters. The maximum atomic E-state index is 12.3. The Bertz CT molecular complexity index is 787. The highest BCUT2D eigenvalue weighted by molar-refractivity contribution is 5.97. The molecule has 6 heteroatoms. The van der Waals surface area contributed by atoms with Crippen LogP contribution in [0.5, 0.6) is 11.5 Å². The third kappa shape index (κ3) is 5.00. The zero-order valence-corrected chi connectivity index (χ0v) is 15.6. The summed E-state index contributed by atoms with van der Waals surface area (Å²) in [5.74, 6) is 1.17. The van der Waals surface area contributed by atoms with Crippen molar-refractivity contribution in [3.8, 4) is 11.5 Å². The largest absolute Gasteiger partial charge is 0.494 e. The third-order valence-corrected chi connectivity index (χ3v) is 4.34. The number of nitrogens with zero attached hydrogens (tertiary/aromatic N) is 1. The Balaban J connectivity index is 1.50. The number of ether oxygens (including phenoxy) is 2. The van der Waals surface area contributed by atoms with Crippen LogP contribution in [0.1, 0.15) is 18.9 Å². The molecule has 2 amide bonds. The second kappa shape index (κ2) is 8.58. The molecule has 1 heterocycles. The number of hydrogen-bond acceptors (Lipinski definition) is 4. The first-order valence-electron chi connectivity index (χ1n) is 9.07. The minimum absolute atomic E-state index is 0.0103. The van der Waals surface area contributed by atoms with Crippen LogP contribution >= 0.6 is 0 Å². The summed E-state index contributed by atoms with van der Waals surface area (Å²) in [6.45, 7) is 4.89. The minimum Gasteiger partial charge on any atom is -0.494 e. The lowest BCUT2D eigenvalue weighted by Gasteiger charge is -2.18. The van der Waals surface area contributed by atoms with Crippen molar-refractivity contribution in [3.05, 3.63) is 54.1 Å². The number of hydrogen-bond donors (Lipinski definition) is 1. The van der Waals surface area contributed by atoms with Crippen LogP contribution in [0.3, 0.4) is 0 Å². The van der Waals surface area contributed by atoms with Gasteiger partial charge in [-0.1, -0.05) is 17.7 Å². The zero-order chi connectivity index (χ0) is 19.2. The molecular weight excluding hydrogens is 344 g/mol. The zero-order valence-electron chi connectivity index (χ0n) is 15.6. The summed E-state index contributed by atoms with van der Waals surface area (Å²) in [5, 5.41) is 2.87. The third-order valence-electron chi connectivity index (χ3n) is 4.34. The molecule has 0 spiro atoms. The van der Waals surface area contributed by atoms with Crippen molar-refractivity contribution in [2.75, 3.05) is 24.7 Å². The Kier molecular flexibility index (Phi) is 5.96. The molecule has 1 atom stereocenters. The maximum absolute atomic E-state index is 12.3. The summed E-state index contributed by atoms with van der Waals surface area (Å²) >= 11 is 0. The topological polar surface area (TPSA) is 67.9 Å². The molecule has 6 nitrogen and oxygen atoms in total. The molecule has 2 aromatic rings. The molecule has 2 aromatic carbocycles. The summed E-state index contributed by atoms with van der Waals surface area (Å²) in [7, 11) is 0. The van der Waals surface area contributed by atoms with Gasteiger partial charge in [-0.15, -0.1) is 0 Å². The number of nitrogens with one attached hydrogen (secondary N) is 1. The average Bonchev–Trinajstić information content (AvgIpc) is 3.02. The van der Waals surface area contributed by atoms with Crippen molar-refractivity contribution in [2.24, 2.45) is 0 Å². The lowest BCUT2D eigenvalue weighted by Crippen LogP contribution is -2.39. The molecule has 142 valence electrons. The van der Waals surface area contributed by atoms with Crippen LogP contribution < -0.4 is 19.7 Å². The molecule has 0 aliphatic carbocycles. The van der Waals surface area contributed by atoms with Gasteiger partial charge >= 0.3 is 0 Å². The Morgan fingerprint density at radius 2 is 1.70 bits per heavy atom. The summed E-state index contributed by atoms with van der Waals surface area (Å²) in [6, 6.07) is 14.7. The van der Waals surface area contributed by atoms with Gasteiger partial charge in [0.05, 0.1) is 12.6 Å². The highest BCUT2D eigenvalue weighted by Gasteiger charge is 2.31. The summed E-state index contributed by atoms with van der Waals surface area (Å²) in [5.41, 5.74) is 1.93. The molecule has 0 aromatic heterocycles. The van der Waals surface area contributed by atoms with E-state index in [0.29, 0.717) is 18.9 Å². The lowest BCUT2D eigenvalue weighted by molar-refractivity contribution is -0.123. The number of aryl methyl sites for hydroxylation is 1. The van der Waals surface area contributed by atoms with E-state index in [1.54, 1.807) is 4.90 Å². The van der Waals surface area contributed by atoms with E-state index >= 15 is 0 Å². The van der Waals surface area contributed by atoms with Crippen LogP contribution in [0, 0.1) is 6.92 Å². The van der Waals surface area contributed by atoms with Crippen LogP contribution in [0.4, 0.5) is 5.69 Å². The summed E-state index contributed by atoms with van der Waals surface area (Å²) in [6.07, 6.45) is 0.281. The van der Waals surface area contributed by atoms with Crippen molar-refractivity contribution in [1.29, 1.82) is 0 Å². The van der Waals surface area contributed by atoms with E-state index in [1.807, 2.05) is 62.4 Å². The van der Waals surface area contributed by atoms with E-state index in [-0.39, 0.29) is 30.9 Å². The van der Waals surface area contributed by atoms with E-state index in [1.165, 1.54) is 0 Å². The fraction of sp³-hybridized carbons (Fsp3) is 0.333. The molecule has 1 aliphatic heterocycles. The first-order chi connectivity index (χ1) is 13.0. The molecule has 1 N–H and O–H groups in total. The number of carbonyl (C=O) groups excluding carboxylic acids is 2. The second-order valence-corrected chi connectivity index (χ2v) is 6.50. The highest BCUT2D eigenvalue weighted by Crippen LogP contribution is 2.24. The summed E-state index contributed by atoms with van der Waals surface area (Å²) < 4.78 is 10.9. The molecule has 1 fully saturated rings. The fourth-order valence-corrected chi connectivity index (χ4v) is 3.00. The Labute approximate surface area is 159 Å². The van der Waals surface area contributed by atoms with Crippen molar-refractivity contribution in [2.45, 2.75) is 26.3 Å². The number of carbonyl (C=O) groups is 2. The first-order valence-corrected chi connectivity index (χ1v) is 9.07. The SMILES string of the molecule is CCOc1ccc(N2CC(NC(=O)COc3ccc(C)cc3)CC2=O)cc1. The molecular formula is C21H24N2O4. The molecule has 3 rings (SSSR count). The first kappa shape index (κ1) is 18.8. The lowest BCUT2D eigenvalue weighted by atomic mass is 10.2. The van der Waals surface area contributed by atoms with Crippen LogP contribution in [-0.2, 0) is 9.59 Å². The number of anilines is 1. The molecule has 0 radical (unpaired) electrons. The van der Waals surface area contributed by atoms with Gasteiger partial charge in [-0.05, 0) is 50.2 Å². The van der Waals surface area contributed by atoms with E-state index in [2.05, 4.69) is 5.32 Å². The normalized spacial score (nSPS) is 16.3. The predicted molar refractivity (Wildman–Crippen MR) is 103 cm³/mol. The minimum atomic E-state index is -0.234. The Hall–Kier alpha value is -3.02. The Morgan fingerprint density at radius 1 is 1.07 bits per heavy atom. The number of benzene rings is 2. The van der Waals surface area contributed by atoms with Crippen molar-refractivity contribution in [3.63, 3.8) is 0 Å². The number of rotatable bonds is 7. The smallest absolute Gasteiger partial charge is 0.258 e. The molecule has 1 saturated heterocycles. The van der Waals surface area contributed by atoms with Gasteiger partial charge in [-0.2, -0.15) is 0 Å². The quantitative estimate of drug-likeness (QED) is 0.816. The van der Waals surface area contributed by atoms with Gasteiger partial charge < -0.3 is 19.7 Å². The van der Waals surface area contributed by atoms with Crippen LogP contribution in [0.25, 0.3) is 0 Å². The van der Waals surface area contributed by atoms with Gasteiger partial charge in [-0.3, -0.25) is 9.59 Å². The maximum Gasteiger partial charge on any atom is 0.258 e. The standard InChI is InChI=1S/C21H24N2O4/c1-3-26-18-10-6-17(7-11-18)23-13-16(12-21(23)25)22-20(24)14-27-19-8-4-15(2)5-9-19/h4-11,16H,3,12-14H2,1-2H3,(H,22,24). The van der Waals surface area contributed by atoms with Gasteiger partial charge in [0.25, 0.3) is 5.91 Å². The Morgan fingerprint density at radius 3 is 2.37 bits per heavy atom. The van der Waals surface area contributed by atoms with E-state index < -0.39 is 0 Å². The van der Waals surface area contributed by atoms with Gasteiger partial charge in [0.1, 0.15) is 11.5 Å². The van der Waals surface area contributed by atoms with Crippen molar-refractivity contribution >= 4 is 17.5 Å². The van der Waals surface area contributed by atoms with Gasteiger partial charge in [-0.25, -0.2) is 0 Å². The predicted octanol–water partition coefficient (Wildman–Crippen LogP) is 2.69.